The zero-order valence-electron chi connectivity index (χ0n) is 19.7. The Balaban J connectivity index is 1.52. The number of nitrogens with zero attached hydrogens (tertiary/aromatic N) is 4. The third-order valence-corrected chi connectivity index (χ3v) is 7.03. The molecule has 0 amide bonds. The molecule has 1 aromatic carbocycles. The molecule has 0 saturated carbocycles. The lowest BCUT2D eigenvalue weighted by molar-refractivity contribution is 0.174. The van der Waals surface area contributed by atoms with Crippen LogP contribution in [-0.2, 0) is 0 Å². The van der Waals surface area contributed by atoms with E-state index in [-0.39, 0.29) is 18.9 Å². The van der Waals surface area contributed by atoms with Gasteiger partial charge >= 0.3 is 0 Å². The third kappa shape index (κ3) is 3.52. The molecule has 0 bridgehead atoms. The molecule has 0 spiro atoms. The SMILES string of the molecule is Cc1cccnc1-n1c(C)cc([C@@H]2[C@@H](c3ccccn3)NC(=S)N2c2ccc3c(c2)OCO3)c1C. The fourth-order valence-electron chi connectivity index (χ4n) is 5.11. The molecule has 6 rings (SSSR count). The van der Waals surface area contributed by atoms with E-state index in [1.165, 1.54) is 0 Å². The summed E-state index contributed by atoms with van der Waals surface area (Å²) < 4.78 is 13.4. The van der Waals surface area contributed by atoms with Crippen molar-refractivity contribution >= 4 is 23.0 Å². The van der Waals surface area contributed by atoms with Crippen molar-refractivity contribution in [1.29, 1.82) is 0 Å². The summed E-state index contributed by atoms with van der Waals surface area (Å²) in [6, 6.07) is 18.0. The number of fused-ring (bicyclic) bond motifs is 1. The molecule has 5 heterocycles. The van der Waals surface area contributed by atoms with E-state index in [2.05, 4.69) is 57.7 Å². The van der Waals surface area contributed by atoms with Gasteiger partial charge < -0.3 is 24.3 Å². The molecule has 176 valence electrons. The Morgan fingerprint density at radius 3 is 2.57 bits per heavy atom. The number of aromatic nitrogens is 3. The molecule has 1 N–H and O–H groups in total. The summed E-state index contributed by atoms with van der Waals surface area (Å²) in [6.45, 7) is 6.58. The van der Waals surface area contributed by atoms with E-state index in [1.54, 1.807) is 0 Å². The fraction of sp³-hybridized carbons (Fsp3) is 0.222. The van der Waals surface area contributed by atoms with Crippen molar-refractivity contribution in [2.75, 3.05) is 11.7 Å². The molecule has 2 atom stereocenters. The van der Waals surface area contributed by atoms with Gasteiger partial charge in [0, 0.05) is 35.5 Å². The minimum Gasteiger partial charge on any atom is -0.454 e. The first-order valence-electron chi connectivity index (χ1n) is 11.5. The largest absolute Gasteiger partial charge is 0.454 e. The van der Waals surface area contributed by atoms with Gasteiger partial charge in [-0.3, -0.25) is 4.98 Å². The van der Waals surface area contributed by atoms with Crippen LogP contribution in [0.25, 0.3) is 5.82 Å². The van der Waals surface area contributed by atoms with E-state index in [4.69, 9.17) is 21.7 Å². The predicted molar refractivity (Wildman–Crippen MR) is 138 cm³/mol. The van der Waals surface area contributed by atoms with Crippen LogP contribution in [0.15, 0.2) is 67.0 Å². The number of rotatable bonds is 4. The van der Waals surface area contributed by atoms with Gasteiger partial charge in [0.05, 0.1) is 17.8 Å². The van der Waals surface area contributed by atoms with E-state index in [0.29, 0.717) is 5.11 Å². The highest BCUT2D eigenvalue weighted by molar-refractivity contribution is 7.80. The number of nitrogens with one attached hydrogen (secondary N) is 1. The number of hydrogen-bond acceptors (Lipinski definition) is 5. The van der Waals surface area contributed by atoms with Gasteiger partial charge in [-0.1, -0.05) is 12.1 Å². The van der Waals surface area contributed by atoms with Gasteiger partial charge in [0.25, 0.3) is 0 Å². The van der Waals surface area contributed by atoms with Crippen molar-refractivity contribution < 1.29 is 9.47 Å². The maximum atomic E-state index is 5.90. The van der Waals surface area contributed by atoms with Gasteiger partial charge in [-0.15, -0.1) is 0 Å². The van der Waals surface area contributed by atoms with Crippen LogP contribution < -0.4 is 19.7 Å². The van der Waals surface area contributed by atoms with Crippen LogP contribution in [0.2, 0.25) is 0 Å². The van der Waals surface area contributed by atoms with Gasteiger partial charge in [-0.05, 0) is 80.5 Å². The molecule has 2 aliphatic rings. The fourth-order valence-corrected chi connectivity index (χ4v) is 5.45. The van der Waals surface area contributed by atoms with Crippen LogP contribution in [0.4, 0.5) is 5.69 Å². The standard InChI is InChI=1S/C27H25N5O2S/c1-16-7-6-12-29-26(16)31-17(2)13-20(18(31)3)25-24(21-8-4-5-11-28-21)30-27(35)32(25)19-9-10-22-23(14-19)34-15-33-22/h4-14,24-25H,15H2,1-3H3,(H,30,35)/t24-,25-/m1/s1. The number of benzene rings is 1. The van der Waals surface area contributed by atoms with Crippen LogP contribution >= 0.6 is 12.2 Å². The average Bonchev–Trinajstić information content (AvgIpc) is 3.55. The maximum Gasteiger partial charge on any atom is 0.231 e. The molecule has 4 aromatic rings. The summed E-state index contributed by atoms with van der Waals surface area (Å²) in [4.78, 5) is 11.5. The number of aryl methyl sites for hydroxylation is 2. The van der Waals surface area contributed by atoms with Crippen molar-refractivity contribution in [2.24, 2.45) is 0 Å². The lowest BCUT2D eigenvalue weighted by atomic mass is 9.96. The molecule has 2 aliphatic heterocycles. The molecule has 1 fully saturated rings. The molecule has 0 radical (unpaired) electrons. The van der Waals surface area contributed by atoms with E-state index in [9.17, 15) is 0 Å². The van der Waals surface area contributed by atoms with Crippen molar-refractivity contribution in [1.82, 2.24) is 19.9 Å². The van der Waals surface area contributed by atoms with Crippen LogP contribution in [0.5, 0.6) is 11.5 Å². The second kappa shape index (κ2) is 8.39. The number of ether oxygens (including phenoxy) is 2. The molecule has 0 unspecified atom stereocenters. The Bertz CT molecular complexity index is 1440. The zero-order valence-corrected chi connectivity index (χ0v) is 20.5. The molecular formula is C27H25N5O2S. The van der Waals surface area contributed by atoms with Crippen molar-refractivity contribution in [3.63, 3.8) is 0 Å². The van der Waals surface area contributed by atoms with Gasteiger partial charge in [0.2, 0.25) is 6.79 Å². The van der Waals surface area contributed by atoms with Crippen LogP contribution in [0.3, 0.4) is 0 Å². The van der Waals surface area contributed by atoms with E-state index >= 15 is 0 Å². The van der Waals surface area contributed by atoms with Gasteiger partial charge in [-0.25, -0.2) is 4.98 Å². The summed E-state index contributed by atoms with van der Waals surface area (Å²) in [5.41, 5.74) is 6.38. The van der Waals surface area contributed by atoms with Crippen LogP contribution in [-0.4, -0.2) is 26.4 Å². The minimum absolute atomic E-state index is 0.123. The molecule has 7 nitrogen and oxygen atoms in total. The highest BCUT2D eigenvalue weighted by atomic mass is 32.1. The smallest absolute Gasteiger partial charge is 0.231 e. The molecule has 1 saturated heterocycles. The lowest BCUT2D eigenvalue weighted by Crippen LogP contribution is -2.29. The van der Waals surface area contributed by atoms with E-state index in [0.717, 1.165) is 51.2 Å². The Morgan fingerprint density at radius 2 is 1.77 bits per heavy atom. The van der Waals surface area contributed by atoms with Gasteiger partial charge in [0.15, 0.2) is 16.6 Å². The van der Waals surface area contributed by atoms with E-state index in [1.807, 2.05) is 54.9 Å². The summed E-state index contributed by atoms with van der Waals surface area (Å²) >= 11 is 5.90. The van der Waals surface area contributed by atoms with Gasteiger partial charge in [-0.2, -0.15) is 0 Å². The Morgan fingerprint density at radius 1 is 0.943 bits per heavy atom. The first-order chi connectivity index (χ1) is 17.0. The highest BCUT2D eigenvalue weighted by Crippen LogP contribution is 2.46. The Kier molecular flexibility index (Phi) is 5.18. The number of anilines is 1. The predicted octanol–water partition coefficient (Wildman–Crippen LogP) is 5.10. The second-order valence-corrected chi connectivity index (χ2v) is 9.23. The zero-order chi connectivity index (χ0) is 24.1. The van der Waals surface area contributed by atoms with Crippen molar-refractivity contribution in [2.45, 2.75) is 32.9 Å². The van der Waals surface area contributed by atoms with Crippen LogP contribution in [0, 0.1) is 20.8 Å². The minimum atomic E-state index is -0.132. The first kappa shape index (κ1) is 21.6. The Hall–Kier alpha value is -3.91. The third-order valence-electron chi connectivity index (χ3n) is 6.71. The summed E-state index contributed by atoms with van der Waals surface area (Å²) in [5.74, 6) is 2.40. The summed E-state index contributed by atoms with van der Waals surface area (Å²) in [6.07, 6.45) is 3.66. The quantitative estimate of drug-likeness (QED) is 0.405. The topological polar surface area (TPSA) is 64.4 Å². The molecule has 3 aromatic heterocycles. The number of pyridine rings is 2. The molecule has 8 heteroatoms. The van der Waals surface area contributed by atoms with Crippen molar-refractivity contribution in [3.8, 4) is 17.3 Å². The molecule has 0 aliphatic carbocycles. The van der Waals surface area contributed by atoms with E-state index < -0.39 is 0 Å². The monoisotopic (exact) mass is 483 g/mol. The van der Waals surface area contributed by atoms with Crippen LogP contribution in [0.1, 0.15) is 40.3 Å². The second-order valence-electron chi connectivity index (χ2n) is 8.84. The maximum absolute atomic E-state index is 5.90. The Labute approximate surface area is 209 Å². The van der Waals surface area contributed by atoms with Crippen molar-refractivity contribution in [3.05, 3.63) is 95.2 Å². The molecule has 35 heavy (non-hydrogen) atoms. The number of thiocarbonyl (C=S) groups is 1. The highest BCUT2D eigenvalue weighted by Gasteiger charge is 2.42. The normalized spacial score (nSPS) is 18.7. The number of hydrogen-bond donors (Lipinski definition) is 1. The first-order valence-corrected chi connectivity index (χ1v) is 11.9. The summed E-state index contributed by atoms with van der Waals surface area (Å²) in [5, 5.41) is 4.18. The molecular weight excluding hydrogens is 458 g/mol. The lowest BCUT2D eigenvalue weighted by Gasteiger charge is -2.28. The van der Waals surface area contributed by atoms with Gasteiger partial charge in [0.1, 0.15) is 5.82 Å². The summed E-state index contributed by atoms with van der Waals surface area (Å²) in [7, 11) is 0. The average molecular weight is 484 g/mol.